The number of carbonyl (C=O) groups excluding carboxylic acids is 1. The molecule has 0 saturated heterocycles. The largest absolute Gasteiger partial charge is 0.382 e. The van der Waals surface area contributed by atoms with Crippen molar-refractivity contribution >= 4 is 5.91 Å². The van der Waals surface area contributed by atoms with Gasteiger partial charge in [0, 0.05) is 18.8 Å². The van der Waals surface area contributed by atoms with E-state index in [9.17, 15) is 9.90 Å². The predicted octanol–water partition coefficient (Wildman–Crippen LogP) is 0.117. The van der Waals surface area contributed by atoms with E-state index in [4.69, 9.17) is 5.73 Å². The van der Waals surface area contributed by atoms with E-state index in [0.717, 1.165) is 17.2 Å². The fourth-order valence-electron chi connectivity index (χ4n) is 1.98. The summed E-state index contributed by atoms with van der Waals surface area (Å²) in [5.74, 6) is 0.147. The zero-order valence-corrected chi connectivity index (χ0v) is 11.3. The second-order valence-electron chi connectivity index (χ2n) is 4.52. The first-order valence-electron chi connectivity index (χ1n) is 6.36. The number of benzene rings is 1. The molecule has 0 spiro atoms. The Bertz CT molecular complexity index is 580. The van der Waals surface area contributed by atoms with E-state index in [2.05, 4.69) is 10.3 Å². The summed E-state index contributed by atoms with van der Waals surface area (Å²) >= 11 is 0. The molecule has 6 heteroatoms. The van der Waals surface area contributed by atoms with Crippen LogP contribution in [0.4, 0.5) is 0 Å². The first-order valence-corrected chi connectivity index (χ1v) is 6.36. The summed E-state index contributed by atoms with van der Waals surface area (Å²) in [7, 11) is 0. The number of nitrogens with zero attached hydrogens (tertiary/aromatic N) is 2. The topological polar surface area (TPSA) is 93.2 Å². The molecule has 0 aliphatic carbocycles. The van der Waals surface area contributed by atoms with Gasteiger partial charge in [0.15, 0.2) is 0 Å². The molecule has 2 aromatic rings. The predicted molar refractivity (Wildman–Crippen MR) is 75.2 cm³/mol. The minimum Gasteiger partial charge on any atom is -0.382 e. The van der Waals surface area contributed by atoms with Gasteiger partial charge in [-0.15, -0.1) is 0 Å². The van der Waals surface area contributed by atoms with Crippen LogP contribution in [0.2, 0.25) is 0 Å². The van der Waals surface area contributed by atoms with Crippen LogP contribution in [0.5, 0.6) is 0 Å². The second kappa shape index (κ2) is 6.31. The summed E-state index contributed by atoms with van der Waals surface area (Å²) in [6.45, 7) is 2.53. The summed E-state index contributed by atoms with van der Waals surface area (Å²) in [6.07, 6.45) is 0.593. The maximum Gasteiger partial charge on any atom is 0.247 e. The number of aliphatic hydroxyl groups is 1. The molecule has 1 heterocycles. The van der Waals surface area contributed by atoms with Crippen LogP contribution in [0.15, 0.2) is 36.5 Å². The van der Waals surface area contributed by atoms with Crippen LogP contribution in [0.25, 0.3) is 5.69 Å². The van der Waals surface area contributed by atoms with Gasteiger partial charge in [-0.3, -0.25) is 9.36 Å². The maximum absolute atomic E-state index is 10.7. The molecule has 0 radical (unpaired) electrons. The van der Waals surface area contributed by atoms with Crippen molar-refractivity contribution < 1.29 is 9.90 Å². The van der Waals surface area contributed by atoms with Gasteiger partial charge in [0.2, 0.25) is 5.91 Å². The molecule has 0 aliphatic rings. The third-order valence-corrected chi connectivity index (χ3v) is 3.00. The number of rotatable bonds is 6. The van der Waals surface area contributed by atoms with Crippen molar-refractivity contribution in [1.29, 1.82) is 0 Å². The highest BCUT2D eigenvalue weighted by molar-refractivity contribution is 5.78. The van der Waals surface area contributed by atoms with Gasteiger partial charge in [-0.1, -0.05) is 18.2 Å². The van der Waals surface area contributed by atoms with E-state index in [1.165, 1.54) is 0 Å². The van der Waals surface area contributed by atoms with Crippen molar-refractivity contribution in [2.45, 2.75) is 19.6 Å². The number of aromatic nitrogens is 2. The molecule has 1 atom stereocenters. The van der Waals surface area contributed by atoms with Crippen molar-refractivity contribution in [2.75, 3.05) is 6.54 Å². The summed E-state index contributed by atoms with van der Waals surface area (Å²) in [5.41, 5.74) is 6.97. The SMILES string of the molecule is Cc1ncc(CNCC(O)C(N)=O)n1-c1ccccc1. The third-order valence-electron chi connectivity index (χ3n) is 3.00. The molecule has 6 nitrogen and oxygen atoms in total. The number of primary amides is 1. The number of carbonyl (C=O) groups is 1. The first-order chi connectivity index (χ1) is 9.59. The van der Waals surface area contributed by atoms with E-state index in [0.29, 0.717) is 6.54 Å². The molecular weight excluding hydrogens is 256 g/mol. The van der Waals surface area contributed by atoms with Crippen LogP contribution in [-0.2, 0) is 11.3 Å². The van der Waals surface area contributed by atoms with Crippen LogP contribution in [0, 0.1) is 6.92 Å². The van der Waals surface area contributed by atoms with Crippen molar-refractivity contribution in [3.8, 4) is 5.69 Å². The molecule has 1 amide bonds. The highest BCUT2D eigenvalue weighted by Crippen LogP contribution is 2.14. The lowest BCUT2D eigenvalue weighted by atomic mass is 10.3. The van der Waals surface area contributed by atoms with Crippen molar-refractivity contribution in [2.24, 2.45) is 5.73 Å². The summed E-state index contributed by atoms with van der Waals surface area (Å²) in [4.78, 5) is 15.0. The molecule has 4 N–H and O–H groups in total. The molecule has 106 valence electrons. The van der Waals surface area contributed by atoms with E-state index < -0.39 is 12.0 Å². The lowest BCUT2D eigenvalue weighted by molar-refractivity contribution is -0.125. The number of nitrogens with two attached hydrogens (primary N) is 1. The number of nitrogens with one attached hydrogen (secondary N) is 1. The first kappa shape index (κ1) is 14.2. The lowest BCUT2D eigenvalue weighted by Crippen LogP contribution is -2.37. The van der Waals surface area contributed by atoms with Crippen LogP contribution in [-0.4, -0.2) is 33.2 Å². The molecule has 0 fully saturated rings. The van der Waals surface area contributed by atoms with Crippen molar-refractivity contribution in [1.82, 2.24) is 14.9 Å². The van der Waals surface area contributed by atoms with E-state index >= 15 is 0 Å². The summed E-state index contributed by atoms with van der Waals surface area (Å²) in [6, 6.07) is 9.87. The number of hydrogen-bond donors (Lipinski definition) is 3. The Hall–Kier alpha value is -2.18. The van der Waals surface area contributed by atoms with Gasteiger partial charge in [-0.2, -0.15) is 0 Å². The fraction of sp³-hybridized carbons (Fsp3) is 0.286. The lowest BCUT2D eigenvalue weighted by Gasteiger charge is -2.12. The number of aryl methyl sites for hydroxylation is 1. The molecule has 1 aromatic heterocycles. The Morgan fingerprint density at radius 2 is 2.15 bits per heavy atom. The molecular formula is C14H18N4O2. The number of aliphatic hydroxyl groups excluding tert-OH is 1. The van der Waals surface area contributed by atoms with Gasteiger partial charge < -0.3 is 16.2 Å². The molecule has 0 bridgehead atoms. The Morgan fingerprint density at radius 3 is 2.80 bits per heavy atom. The number of hydrogen-bond acceptors (Lipinski definition) is 4. The monoisotopic (exact) mass is 274 g/mol. The van der Waals surface area contributed by atoms with Gasteiger partial charge in [0.25, 0.3) is 0 Å². The smallest absolute Gasteiger partial charge is 0.247 e. The van der Waals surface area contributed by atoms with Gasteiger partial charge in [-0.05, 0) is 19.1 Å². The highest BCUT2D eigenvalue weighted by atomic mass is 16.3. The summed E-state index contributed by atoms with van der Waals surface area (Å²) in [5, 5.41) is 12.3. The Balaban J connectivity index is 2.08. The Kier molecular flexibility index (Phi) is 4.49. The zero-order valence-electron chi connectivity index (χ0n) is 11.3. The minimum absolute atomic E-state index is 0.119. The van der Waals surface area contributed by atoms with E-state index in [-0.39, 0.29) is 6.54 Å². The average molecular weight is 274 g/mol. The Labute approximate surface area is 117 Å². The highest BCUT2D eigenvalue weighted by Gasteiger charge is 2.12. The average Bonchev–Trinajstić information content (AvgIpc) is 2.80. The van der Waals surface area contributed by atoms with Gasteiger partial charge in [0.05, 0.1) is 11.9 Å². The molecule has 0 aliphatic heterocycles. The number of amides is 1. The van der Waals surface area contributed by atoms with Crippen LogP contribution in [0.3, 0.4) is 0 Å². The molecule has 2 rings (SSSR count). The van der Waals surface area contributed by atoms with Crippen molar-refractivity contribution in [3.63, 3.8) is 0 Å². The quantitative estimate of drug-likeness (QED) is 0.697. The van der Waals surface area contributed by atoms with Crippen molar-refractivity contribution in [3.05, 3.63) is 48.0 Å². The number of para-hydroxylation sites is 1. The Morgan fingerprint density at radius 1 is 1.45 bits per heavy atom. The second-order valence-corrected chi connectivity index (χ2v) is 4.52. The molecule has 20 heavy (non-hydrogen) atoms. The molecule has 0 saturated carbocycles. The van der Waals surface area contributed by atoms with E-state index in [1.807, 2.05) is 41.8 Å². The van der Waals surface area contributed by atoms with Gasteiger partial charge in [0.1, 0.15) is 11.9 Å². The van der Waals surface area contributed by atoms with Crippen LogP contribution in [0.1, 0.15) is 11.5 Å². The maximum atomic E-state index is 10.7. The molecule has 1 aromatic carbocycles. The number of imidazole rings is 1. The van der Waals surface area contributed by atoms with Gasteiger partial charge >= 0.3 is 0 Å². The van der Waals surface area contributed by atoms with Crippen LogP contribution >= 0.6 is 0 Å². The summed E-state index contributed by atoms with van der Waals surface area (Å²) < 4.78 is 2.02. The standard InChI is InChI=1S/C14H18N4O2/c1-10-17-8-12(7-16-9-13(19)14(15)20)18(10)11-5-3-2-4-6-11/h2-6,8,13,16,19H,7,9H2,1H3,(H2,15,20). The zero-order chi connectivity index (χ0) is 14.5. The third kappa shape index (κ3) is 3.23. The molecule has 1 unspecified atom stereocenters. The normalized spacial score (nSPS) is 12.3. The van der Waals surface area contributed by atoms with Gasteiger partial charge in [-0.25, -0.2) is 4.98 Å². The minimum atomic E-state index is -1.18. The van der Waals surface area contributed by atoms with E-state index in [1.54, 1.807) is 6.20 Å². The fourth-order valence-corrected chi connectivity index (χ4v) is 1.98. The van der Waals surface area contributed by atoms with Crippen LogP contribution < -0.4 is 11.1 Å².